The molecule has 0 radical (unpaired) electrons. The smallest absolute Gasteiger partial charge is 0.338 e. The maximum absolute atomic E-state index is 12.5. The number of nitrogens with one attached hydrogen (secondary N) is 2. The number of H-pyrrole nitrogens is 1. The number of aliphatic hydroxyl groups excluding tert-OH is 1. The number of amides is 1. The molecule has 1 amide bonds. The van der Waals surface area contributed by atoms with Gasteiger partial charge in [0.1, 0.15) is 0 Å². The van der Waals surface area contributed by atoms with E-state index in [0.717, 1.165) is 45.8 Å². The zero-order valence-electron chi connectivity index (χ0n) is 18.8. The second kappa shape index (κ2) is 8.79. The molecule has 2 aromatic carbocycles. The summed E-state index contributed by atoms with van der Waals surface area (Å²) in [5, 5.41) is 14.9. The molecule has 4 aromatic rings. The van der Waals surface area contributed by atoms with Crippen molar-refractivity contribution in [2.45, 2.75) is 37.8 Å². The Labute approximate surface area is 196 Å². The number of aliphatic hydroxyl groups is 1. The monoisotopic (exact) mass is 458 g/mol. The summed E-state index contributed by atoms with van der Waals surface area (Å²) in [6.07, 6.45) is 4.35. The van der Waals surface area contributed by atoms with Crippen molar-refractivity contribution >= 4 is 39.4 Å². The highest BCUT2D eigenvalue weighted by Gasteiger charge is 2.23. The van der Waals surface area contributed by atoms with Crippen LogP contribution in [0.15, 0.2) is 48.7 Å². The van der Waals surface area contributed by atoms with Gasteiger partial charge >= 0.3 is 5.97 Å². The van der Waals surface area contributed by atoms with Gasteiger partial charge < -0.3 is 25.9 Å². The van der Waals surface area contributed by atoms with Crippen LogP contribution in [0.5, 0.6) is 0 Å². The summed E-state index contributed by atoms with van der Waals surface area (Å²) in [4.78, 5) is 32.4. The van der Waals surface area contributed by atoms with Crippen molar-refractivity contribution in [1.82, 2.24) is 9.97 Å². The SMILES string of the molecule is COC(=O)c1ccc(-c2cnc(C(N)=O)c(NC3CCC(O)CC3)c2)c2[nH]c3ccccc3c12. The van der Waals surface area contributed by atoms with Crippen LogP contribution in [0.2, 0.25) is 0 Å². The fourth-order valence-corrected chi connectivity index (χ4v) is 4.84. The van der Waals surface area contributed by atoms with E-state index in [2.05, 4.69) is 15.3 Å². The van der Waals surface area contributed by atoms with Crippen molar-refractivity contribution in [2.24, 2.45) is 5.73 Å². The molecule has 174 valence electrons. The van der Waals surface area contributed by atoms with Crippen LogP contribution in [-0.2, 0) is 4.74 Å². The van der Waals surface area contributed by atoms with Gasteiger partial charge in [0.25, 0.3) is 5.91 Å². The summed E-state index contributed by atoms with van der Waals surface area (Å²) in [5.41, 5.74) is 10.1. The molecule has 5 rings (SSSR count). The van der Waals surface area contributed by atoms with Crippen LogP contribution in [0, 0.1) is 0 Å². The summed E-state index contributed by atoms with van der Waals surface area (Å²) in [6, 6.07) is 13.4. The Hall–Kier alpha value is -3.91. The number of pyridine rings is 1. The first-order valence-corrected chi connectivity index (χ1v) is 11.3. The number of ether oxygens (including phenoxy) is 1. The molecule has 0 aliphatic heterocycles. The molecule has 0 spiro atoms. The van der Waals surface area contributed by atoms with Gasteiger partial charge in [-0.25, -0.2) is 9.78 Å². The van der Waals surface area contributed by atoms with Crippen LogP contribution in [0.3, 0.4) is 0 Å². The third-order valence-electron chi connectivity index (χ3n) is 6.56. The molecule has 8 nitrogen and oxygen atoms in total. The lowest BCUT2D eigenvalue weighted by Gasteiger charge is -2.27. The predicted octanol–water partition coefficient (Wildman–Crippen LogP) is 3.98. The first-order valence-electron chi connectivity index (χ1n) is 11.3. The minimum atomic E-state index is -0.610. The third kappa shape index (κ3) is 3.86. The number of carbonyl (C=O) groups is 2. The molecule has 1 fully saturated rings. The number of hydrogen-bond donors (Lipinski definition) is 4. The number of esters is 1. The Balaban J connectivity index is 1.65. The molecule has 2 aromatic heterocycles. The van der Waals surface area contributed by atoms with Gasteiger partial charge in [0.2, 0.25) is 0 Å². The Morgan fingerprint density at radius 1 is 1.15 bits per heavy atom. The molecule has 5 N–H and O–H groups in total. The van der Waals surface area contributed by atoms with Gasteiger partial charge in [0.05, 0.1) is 30.0 Å². The van der Waals surface area contributed by atoms with Gasteiger partial charge in [-0.1, -0.05) is 24.3 Å². The van der Waals surface area contributed by atoms with E-state index in [0.29, 0.717) is 24.1 Å². The van der Waals surface area contributed by atoms with Gasteiger partial charge in [-0.05, 0) is 43.9 Å². The molecule has 0 atom stereocenters. The van der Waals surface area contributed by atoms with Gasteiger partial charge in [-0.3, -0.25) is 4.79 Å². The zero-order valence-corrected chi connectivity index (χ0v) is 18.8. The fourth-order valence-electron chi connectivity index (χ4n) is 4.84. The van der Waals surface area contributed by atoms with E-state index in [9.17, 15) is 14.7 Å². The molecule has 1 aliphatic carbocycles. The average Bonchev–Trinajstić information content (AvgIpc) is 3.24. The van der Waals surface area contributed by atoms with Crippen molar-refractivity contribution in [1.29, 1.82) is 0 Å². The van der Waals surface area contributed by atoms with Crippen LogP contribution in [-0.4, -0.2) is 46.2 Å². The number of nitrogens with zero attached hydrogens (tertiary/aromatic N) is 1. The molecule has 1 aliphatic rings. The van der Waals surface area contributed by atoms with E-state index in [1.165, 1.54) is 7.11 Å². The minimum Gasteiger partial charge on any atom is -0.465 e. The summed E-state index contributed by atoms with van der Waals surface area (Å²) in [7, 11) is 1.37. The highest BCUT2D eigenvalue weighted by Crippen LogP contribution is 2.37. The number of hydrogen-bond acceptors (Lipinski definition) is 6. The summed E-state index contributed by atoms with van der Waals surface area (Å²) in [6.45, 7) is 0. The van der Waals surface area contributed by atoms with Gasteiger partial charge in [0, 0.05) is 39.7 Å². The van der Waals surface area contributed by atoms with Crippen LogP contribution < -0.4 is 11.1 Å². The normalized spacial score (nSPS) is 18.2. The maximum Gasteiger partial charge on any atom is 0.338 e. The Bertz CT molecular complexity index is 1400. The zero-order chi connectivity index (χ0) is 23.8. The largest absolute Gasteiger partial charge is 0.465 e. The molecular formula is C26H26N4O4. The number of methoxy groups -OCH3 is 1. The summed E-state index contributed by atoms with van der Waals surface area (Å²) in [5.74, 6) is -1.02. The molecular weight excluding hydrogens is 432 g/mol. The van der Waals surface area contributed by atoms with E-state index in [1.807, 2.05) is 36.4 Å². The Kier molecular flexibility index (Phi) is 5.67. The molecule has 34 heavy (non-hydrogen) atoms. The highest BCUT2D eigenvalue weighted by molar-refractivity contribution is 6.19. The summed E-state index contributed by atoms with van der Waals surface area (Å²) >= 11 is 0. The van der Waals surface area contributed by atoms with E-state index in [4.69, 9.17) is 10.5 Å². The molecule has 1 saturated carbocycles. The van der Waals surface area contributed by atoms with Gasteiger partial charge in [-0.15, -0.1) is 0 Å². The second-order valence-corrected chi connectivity index (χ2v) is 8.71. The molecule has 8 heteroatoms. The molecule has 0 unspecified atom stereocenters. The van der Waals surface area contributed by atoms with Crippen molar-refractivity contribution in [3.63, 3.8) is 0 Å². The molecule has 0 saturated heterocycles. The lowest BCUT2D eigenvalue weighted by Crippen LogP contribution is -2.29. The first-order chi connectivity index (χ1) is 16.5. The van der Waals surface area contributed by atoms with E-state index < -0.39 is 11.9 Å². The van der Waals surface area contributed by atoms with E-state index in [1.54, 1.807) is 12.3 Å². The summed E-state index contributed by atoms with van der Waals surface area (Å²) < 4.78 is 5.02. The molecule has 0 bridgehead atoms. The van der Waals surface area contributed by atoms with Crippen molar-refractivity contribution in [3.05, 3.63) is 59.9 Å². The van der Waals surface area contributed by atoms with Gasteiger partial charge in [-0.2, -0.15) is 0 Å². The lowest BCUT2D eigenvalue weighted by atomic mass is 9.92. The highest BCUT2D eigenvalue weighted by atomic mass is 16.5. The third-order valence-corrected chi connectivity index (χ3v) is 6.56. The number of benzene rings is 2. The first kappa shape index (κ1) is 21.9. The lowest BCUT2D eigenvalue weighted by molar-refractivity contribution is 0.0603. The molecule has 2 heterocycles. The van der Waals surface area contributed by atoms with Crippen molar-refractivity contribution in [2.75, 3.05) is 12.4 Å². The van der Waals surface area contributed by atoms with Crippen molar-refractivity contribution < 1.29 is 19.4 Å². The number of para-hydroxylation sites is 1. The quantitative estimate of drug-likeness (QED) is 0.335. The van der Waals surface area contributed by atoms with E-state index in [-0.39, 0.29) is 17.8 Å². The van der Waals surface area contributed by atoms with E-state index >= 15 is 0 Å². The second-order valence-electron chi connectivity index (χ2n) is 8.71. The number of anilines is 1. The fraction of sp³-hybridized carbons (Fsp3) is 0.269. The number of fused-ring (bicyclic) bond motifs is 3. The van der Waals surface area contributed by atoms with Gasteiger partial charge in [0.15, 0.2) is 5.69 Å². The minimum absolute atomic E-state index is 0.119. The van der Waals surface area contributed by atoms with Crippen LogP contribution in [0.4, 0.5) is 5.69 Å². The standard InChI is InChI=1S/C26H26N4O4/c1-34-26(33)19-11-10-17(23-22(19)18-4-2-3-5-20(18)30-23)14-12-21(24(25(27)32)28-13-14)29-15-6-8-16(31)9-7-15/h2-5,10-13,15-16,29-31H,6-9H2,1H3,(H2,27,32). The number of rotatable bonds is 5. The predicted molar refractivity (Wildman–Crippen MR) is 131 cm³/mol. The number of aromatic nitrogens is 2. The van der Waals surface area contributed by atoms with Crippen LogP contribution in [0.25, 0.3) is 32.9 Å². The van der Waals surface area contributed by atoms with Crippen molar-refractivity contribution in [3.8, 4) is 11.1 Å². The number of aromatic amines is 1. The van der Waals surface area contributed by atoms with Crippen LogP contribution >= 0.6 is 0 Å². The number of primary amides is 1. The maximum atomic E-state index is 12.5. The Morgan fingerprint density at radius 3 is 2.65 bits per heavy atom. The Morgan fingerprint density at radius 2 is 1.91 bits per heavy atom. The topological polar surface area (TPSA) is 130 Å². The average molecular weight is 459 g/mol. The number of carbonyl (C=O) groups excluding carboxylic acids is 2. The van der Waals surface area contributed by atoms with Crippen LogP contribution in [0.1, 0.15) is 46.5 Å². The number of nitrogens with two attached hydrogens (primary N) is 1.